The van der Waals surface area contributed by atoms with E-state index in [1.165, 1.54) is 0 Å². The first-order chi connectivity index (χ1) is 15.6. The van der Waals surface area contributed by atoms with Gasteiger partial charge in [0.2, 0.25) is 0 Å². The van der Waals surface area contributed by atoms with E-state index >= 15 is 0 Å². The molecule has 3 aromatic rings. The highest BCUT2D eigenvalue weighted by molar-refractivity contribution is 9.10. The number of hydrogen-bond acceptors (Lipinski definition) is 4. The molecule has 0 atom stereocenters. The molecule has 0 bridgehead atoms. The van der Waals surface area contributed by atoms with Gasteiger partial charge in [-0.05, 0) is 42.5 Å². The Morgan fingerprint density at radius 3 is 2.38 bits per heavy atom. The van der Waals surface area contributed by atoms with E-state index in [2.05, 4.69) is 21.2 Å². The molecule has 1 aliphatic heterocycles. The molecule has 4 rings (SSSR count). The second-order valence-electron chi connectivity index (χ2n) is 7.31. The van der Waals surface area contributed by atoms with Gasteiger partial charge >= 0.3 is 0 Å². The van der Waals surface area contributed by atoms with Crippen molar-refractivity contribution in [3.05, 3.63) is 94.0 Å². The van der Waals surface area contributed by atoms with Crippen LogP contribution in [0.15, 0.2) is 77.3 Å². The van der Waals surface area contributed by atoms with Crippen LogP contribution in [0.5, 0.6) is 5.75 Å². The van der Waals surface area contributed by atoms with Crippen molar-refractivity contribution in [2.45, 2.75) is 6.61 Å². The minimum absolute atomic E-state index is 0.0306. The average Bonchev–Trinajstić information content (AvgIpc) is 2.84. The van der Waals surface area contributed by atoms with E-state index in [1.807, 2.05) is 30.3 Å². The molecule has 3 aromatic carbocycles. The van der Waals surface area contributed by atoms with E-state index in [9.17, 15) is 9.59 Å². The van der Waals surface area contributed by atoms with Crippen LogP contribution in [0.4, 0.5) is 5.69 Å². The third kappa shape index (κ3) is 5.36. The highest BCUT2D eigenvalue weighted by Crippen LogP contribution is 2.23. The summed E-state index contributed by atoms with van der Waals surface area (Å²) in [4.78, 5) is 27.2. The fourth-order valence-electron chi connectivity index (χ4n) is 3.39. The summed E-state index contributed by atoms with van der Waals surface area (Å²) in [5, 5.41) is 2.88. The first-order valence-corrected chi connectivity index (χ1v) is 11.1. The van der Waals surface area contributed by atoms with Crippen LogP contribution >= 0.6 is 15.9 Å². The highest BCUT2D eigenvalue weighted by Gasteiger charge is 2.19. The number of nitrogens with one attached hydrogen (secondary N) is 1. The average molecular weight is 495 g/mol. The molecule has 0 aromatic heterocycles. The quantitative estimate of drug-likeness (QED) is 0.536. The number of ether oxygens (including phenoxy) is 2. The van der Waals surface area contributed by atoms with Crippen LogP contribution in [-0.2, 0) is 11.3 Å². The SMILES string of the molecule is O=C(Nc1ccc(C(=O)N2CCOCC2)cc1)c1ccccc1OCc1ccccc1Br. The Labute approximate surface area is 195 Å². The monoisotopic (exact) mass is 494 g/mol. The number of benzene rings is 3. The van der Waals surface area contributed by atoms with E-state index < -0.39 is 0 Å². The summed E-state index contributed by atoms with van der Waals surface area (Å²) in [6.45, 7) is 2.64. The summed E-state index contributed by atoms with van der Waals surface area (Å²) >= 11 is 3.51. The van der Waals surface area contributed by atoms with E-state index in [-0.39, 0.29) is 11.8 Å². The van der Waals surface area contributed by atoms with E-state index in [0.29, 0.717) is 55.5 Å². The summed E-state index contributed by atoms with van der Waals surface area (Å²) in [5.41, 5.74) is 2.62. The zero-order valence-electron chi connectivity index (χ0n) is 17.4. The topological polar surface area (TPSA) is 67.9 Å². The van der Waals surface area contributed by atoms with Crippen molar-refractivity contribution in [2.24, 2.45) is 0 Å². The van der Waals surface area contributed by atoms with Crippen LogP contribution < -0.4 is 10.1 Å². The fourth-order valence-corrected chi connectivity index (χ4v) is 3.79. The van der Waals surface area contributed by atoms with Gasteiger partial charge in [-0.3, -0.25) is 9.59 Å². The Morgan fingerprint density at radius 1 is 0.938 bits per heavy atom. The molecule has 0 radical (unpaired) electrons. The van der Waals surface area contributed by atoms with Gasteiger partial charge in [-0.25, -0.2) is 0 Å². The molecule has 164 valence electrons. The Kier molecular flexibility index (Phi) is 7.19. The molecule has 1 heterocycles. The third-order valence-corrected chi connectivity index (χ3v) is 5.93. The maximum Gasteiger partial charge on any atom is 0.259 e. The van der Waals surface area contributed by atoms with Crippen molar-refractivity contribution >= 4 is 33.4 Å². The zero-order valence-corrected chi connectivity index (χ0v) is 19.0. The largest absolute Gasteiger partial charge is 0.488 e. The van der Waals surface area contributed by atoms with Crippen LogP contribution in [0.3, 0.4) is 0 Å². The molecule has 0 spiro atoms. The Bertz CT molecular complexity index is 1100. The lowest BCUT2D eigenvalue weighted by Crippen LogP contribution is -2.40. The molecule has 2 amide bonds. The number of hydrogen-bond donors (Lipinski definition) is 1. The highest BCUT2D eigenvalue weighted by atomic mass is 79.9. The Balaban J connectivity index is 1.41. The number of morpholine rings is 1. The van der Waals surface area contributed by atoms with Crippen molar-refractivity contribution in [3.8, 4) is 5.75 Å². The number of rotatable bonds is 6. The minimum atomic E-state index is -0.278. The van der Waals surface area contributed by atoms with Gasteiger partial charge in [0.15, 0.2) is 0 Å². The molecular weight excluding hydrogens is 472 g/mol. The predicted molar refractivity (Wildman–Crippen MR) is 126 cm³/mol. The van der Waals surface area contributed by atoms with Crippen molar-refractivity contribution in [3.63, 3.8) is 0 Å². The molecule has 32 heavy (non-hydrogen) atoms. The van der Waals surface area contributed by atoms with Gasteiger partial charge in [0.1, 0.15) is 12.4 Å². The van der Waals surface area contributed by atoms with Crippen molar-refractivity contribution in [1.29, 1.82) is 0 Å². The van der Waals surface area contributed by atoms with Crippen LogP contribution in [0.2, 0.25) is 0 Å². The summed E-state index contributed by atoms with van der Waals surface area (Å²) in [6.07, 6.45) is 0. The lowest BCUT2D eigenvalue weighted by Gasteiger charge is -2.26. The van der Waals surface area contributed by atoms with Gasteiger partial charge < -0.3 is 19.7 Å². The van der Waals surface area contributed by atoms with Gasteiger partial charge in [0.05, 0.1) is 18.8 Å². The van der Waals surface area contributed by atoms with Crippen molar-refractivity contribution < 1.29 is 19.1 Å². The number of carbonyl (C=O) groups is 2. The van der Waals surface area contributed by atoms with Gasteiger partial charge in [-0.15, -0.1) is 0 Å². The van der Waals surface area contributed by atoms with Gasteiger partial charge in [0, 0.05) is 34.4 Å². The molecule has 1 N–H and O–H groups in total. The number of para-hydroxylation sites is 1. The van der Waals surface area contributed by atoms with Crippen LogP contribution in [0.1, 0.15) is 26.3 Å². The minimum Gasteiger partial charge on any atom is -0.488 e. The van der Waals surface area contributed by atoms with Crippen LogP contribution in [0.25, 0.3) is 0 Å². The smallest absolute Gasteiger partial charge is 0.259 e. The van der Waals surface area contributed by atoms with Crippen molar-refractivity contribution in [1.82, 2.24) is 4.90 Å². The normalized spacial score (nSPS) is 13.5. The number of nitrogens with zero attached hydrogens (tertiary/aromatic N) is 1. The first-order valence-electron chi connectivity index (χ1n) is 10.4. The summed E-state index contributed by atoms with van der Waals surface area (Å²) < 4.78 is 12.2. The van der Waals surface area contributed by atoms with Crippen molar-refractivity contribution in [2.75, 3.05) is 31.6 Å². The fraction of sp³-hybridized carbons (Fsp3) is 0.200. The molecule has 1 fully saturated rings. The molecule has 1 saturated heterocycles. The first kappa shape index (κ1) is 22.0. The van der Waals surface area contributed by atoms with Crippen LogP contribution in [-0.4, -0.2) is 43.0 Å². The zero-order chi connectivity index (χ0) is 22.3. The lowest BCUT2D eigenvalue weighted by molar-refractivity contribution is 0.0303. The molecule has 6 nitrogen and oxygen atoms in total. The van der Waals surface area contributed by atoms with E-state index in [1.54, 1.807) is 47.4 Å². The molecule has 1 aliphatic rings. The predicted octanol–water partition coefficient (Wildman–Crippen LogP) is 4.75. The van der Waals surface area contributed by atoms with E-state index in [4.69, 9.17) is 9.47 Å². The maximum atomic E-state index is 12.9. The summed E-state index contributed by atoms with van der Waals surface area (Å²) in [7, 11) is 0. The summed E-state index contributed by atoms with van der Waals surface area (Å²) in [5.74, 6) is 0.192. The number of amides is 2. The van der Waals surface area contributed by atoms with E-state index in [0.717, 1.165) is 10.0 Å². The lowest BCUT2D eigenvalue weighted by atomic mass is 10.1. The summed E-state index contributed by atoms with van der Waals surface area (Å²) in [6, 6.07) is 21.8. The molecular formula is C25H23BrN2O4. The number of carbonyl (C=O) groups excluding carboxylic acids is 2. The van der Waals surface area contributed by atoms with Gasteiger partial charge in [-0.2, -0.15) is 0 Å². The van der Waals surface area contributed by atoms with Gasteiger partial charge in [-0.1, -0.05) is 46.3 Å². The number of anilines is 1. The molecule has 0 aliphatic carbocycles. The molecule has 0 saturated carbocycles. The second-order valence-corrected chi connectivity index (χ2v) is 8.17. The second kappa shape index (κ2) is 10.4. The van der Waals surface area contributed by atoms with Crippen LogP contribution in [0, 0.1) is 0 Å². The Morgan fingerprint density at radius 2 is 1.62 bits per heavy atom. The molecule has 0 unspecified atom stereocenters. The Hall–Kier alpha value is -3.16. The number of halogens is 1. The third-order valence-electron chi connectivity index (χ3n) is 5.16. The maximum absolute atomic E-state index is 12.9. The molecule has 7 heteroatoms. The van der Waals surface area contributed by atoms with Gasteiger partial charge in [0.25, 0.3) is 11.8 Å². The standard InChI is InChI=1S/C25H23BrN2O4/c26-22-7-3-1-5-19(22)17-32-23-8-4-2-6-21(23)24(29)27-20-11-9-18(10-12-20)25(30)28-13-15-31-16-14-28/h1-12H,13-17H2,(H,27,29).